The molecule has 1 aromatic carbocycles. The molecule has 0 aliphatic heterocycles. The zero-order valence-electron chi connectivity index (χ0n) is 7.07. The second-order valence-electron chi connectivity index (χ2n) is 2.26. The van der Waals surface area contributed by atoms with Gasteiger partial charge in [-0.15, -0.1) is 0 Å². The number of carbonyl (C=O) groups is 1. The first-order chi connectivity index (χ1) is 5.75. The molecule has 0 bridgehead atoms. The number of hydrogen-bond donors (Lipinski definition) is 0. The Hall–Kier alpha value is -1.35. The van der Waals surface area contributed by atoms with Crippen molar-refractivity contribution in [3.05, 3.63) is 30.3 Å². The van der Waals surface area contributed by atoms with E-state index in [-0.39, 0.29) is 5.91 Å². The number of hydroxylamine groups is 1. The zero-order valence-corrected chi connectivity index (χ0v) is 7.07. The van der Waals surface area contributed by atoms with Crippen molar-refractivity contribution in [3.63, 3.8) is 0 Å². The summed E-state index contributed by atoms with van der Waals surface area (Å²) in [6.45, 7) is 1.44. The molecular weight excluding hydrogens is 154 g/mol. The quantitative estimate of drug-likeness (QED) is 0.618. The van der Waals surface area contributed by atoms with Crippen LogP contribution in [0, 0.1) is 6.07 Å². The van der Waals surface area contributed by atoms with E-state index in [1.807, 2.05) is 0 Å². The minimum absolute atomic E-state index is 0.155. The number of anilines is 1. The summed E-state index contributed by atoms with van der Waals surface area (Å²) >= 11 is 0. The van der Waals surface area contributed by atoms with Crippen LogP contribution in [0.4, 0.5) is 5.69 Å². The molecule has 0 aromatic heterocycles. The molecule has 1 aromatic rings. The van der Waals surface area contributed by atoms with Crippen LogP contribution in [0.25, 0.3) is 0 Å². The third-order valence-electron chi connectivity index (χ3n) is 1.39. The van der Waals surface area contributed by atoms with Crippen LogP contribution in [0.5, 0.6) is 0 Å². The molecule has 1 radical (unpaired) electrons. The number of rotatable bonds is 2. The van der Waals surface area contributed by atoms with Gasteiger partial charge < -0.3 is 0 Å². The number of amides is 1. The predicted molar refractivity (Wildman–Crippen MR) is 45.4 cm³/mol. The summed E-state index contributed by atoms with van der Waals surface area (Å²) in [5.41, 5.74) is 0.688. The Bertz CT molecular complexity index is 258. The highest BCUT2D eigenvalue weighted by atomic mass is 16.7. The SMILES string of the molecule is CON(C(C)=O)c1c[c]ccc1. The lowest BCUT2D eigenvalue weighted by Gasteiger charge is -2.16. The lowest BCUT2D eigenvalue weighted by Crippen LogP contribution is -2.26. The molecule has 0 saturated carbocycles. The number of carbonyl (C=O) groups excluding carboxylic acids is 1. The molecule has 63 valence electrons. The van der Waals surface area contributed by atoms with Gasteiger partial charge in [0.25, 0.3) is 0 Å². The van der Waals surface area contributed by atoms with Crippen molar-refractivity contribution in [3.8, 4) is 0 Å². The molecule has 0 aliphatic carbocycles. The lowest BCUT2D eigenvalue weighted by atomic mass is 10.3. The first-order valence-corrected chi connectivity index (χ1v) is 3.56. The van der Waals surface area contributed by atoms with Gasteiger partial charge in [-0.3, -0.25) is 9.63 Å². The molecular formula is C9H10NO2. The fourth-order valence-corrected chi connectivity index (χ4v) is 0.926. The molecule has 3 heteroatoms. The second kappa shape index (κ2) is 3.88. The van der Waals surface area contributed by atoms with Crippen molar-refractivity contribution in [1.82, 2.24) is 0 Å². The minimum Gasteiger partial charge on any atom is -0.273 e. The maximum absolute atomic E-state index is 11.0. The summed E-state index contributed by atoms with van der Waals surface area (Å²) in [6.07, 6.45) is 0. The van der Waals surface area contributed by atoms with Crippen LogP contribution < -0.4 is 5.06 Å². The molecule has 3 nitrogen and oxygen atoms in total. The molecule has 0 heterocycles. The average molecular weight is 164 g/mol. The normalized spacial score (nSPS) is 9.50. The third kappa shape index (κ3) is 1.83. The van der Waals surface area contributed by atoms with Crippen molar-refractivity contribution < 1.29 is 9.63 Å². The van der Waals surface area contributed by atoms with Gasteiger partial charge in [0.1, 0.15) is 0 Å². The van der Waals surface area contributed by atoms with Gasteiger partial charge in [-0.2, -0.15) is 5.06 Å². The van der Waals surface area contributed by atoms with E-state index in [1.54, 1.807) is 24.3 Å². The Balaban J connectivity index is 2.88. The second-order valence-corrected chi connectivity index (χ2v) is 2.26. The van der Waals surface area contributed by atoms with Crippen molar-refractivity contribution in [1.29, 1.82) is 0 Å². The number of hydrogen-bond acceptors (Lipinski definition) is 2. The number of benzene rings is 1. The summed E-state index contributed by atoms with van der Waals surface area (Å²) < 4.78 is 0. The number of nitrogens with zero attached hydrogens (tertiary/aromatic N) is 1. The van der Waals surface area contributed by atoms with Gasteiger partial charge in [0, 0.05) is 6.92 Å². The van der Waals surface area contributed by atoms with Crippen LogP contribution in [-0.4, -0.2) is 13.0 Å². The fourth-order valence-electron chi connectivity index (χ4n) is 0.926. The molecule has 0 unspecified atom stereocenters. The van der Waals surface area contributed by atoms with Crippen LogP contribution in [0.1, 0.15) is 6.92 Å². The van der Waals surface area contributed by atoms with E-state index in [0.29, 0.717) is 5.69 Å². The van der Waals surface area contributed by atoms with E-state index in [2.05, 4.69) is 6.07 Å². The Morgan fingerprint density at radius 1 is 1.67 bits per heavy atom. The topological polar surface area (TPSA) is 29.5 Å². The molecule has 1 amide bonds. The van der Waals surface area contributed by atoms with Gasteiger partial charge in [0.15, 0.2) is 0 Å². The monoisotopic (exact) mass is 164 g/mol. The van der Waals surface area contributed by atoms with Gasteiger partial charge in [0.2, 0.25) is 5.91 Å². The van der Waals surface area contributed by atoms with Gasteiger partial charge in [-0.05, 0) is 18.2 Å². The van der Waals surface area contributed by atoms with E-state index < -0.39 is 0 Å². The molecule has 1 rings (SSSR count). The van der Waals surface area contributed by atoms with Crippen LogP contribution in [0.15, 0.2) is 24.3 Å². The summed E-state index contributed by atoms with van der Waals surface area (Å²) in [4.78, 5) is 15.8. The van der Waals surface area contributed by atoms with E-state index in [1.165, 1.54) is 19.1 Å². The average Bonchev–Trinajstić information content (AvgIpc) is 2.07. The first-order valence-electron chi connectivity index (χ1n) is 3.56. The Morgan fingerprint density at radius 3 is 2.83 bits per heavy atom. The molecule has 12 heavy (non-hydrogen) atoms. The highest BCUT2D eigenvalue weighted by Gasteiger charge is 2.08. The highest BCUT2D eigenvalue weighted by Crippen LogP contribution is 2.12. The van der Waals surface area contributed by atoms with Gasteiger partial charge >= 0.3 is 0 Å². The largest absolute Gasteiger partial charge is 0.273 e. The fraction of sp³-hybridized carbons (Fsp3) is 0.222. The first kappa shape index (κ1) is 8.74. The molecule has 0 spiro atoms. The predicted octanol–water partition coefficient (Wildman–Crippen LogP) is 1.40. The van der Waals surface area contributed by atoms with Crippen LogP contribution in [0.3, 0.4) is 0 Å². The maximum atomic E-state index is 11.0. The van der Waals surface area contributed by atoms with Crippen LogP contribution in [0.2, 0.25) is 0 Å². The van der Waals surface area contributed by atoms with Crippen molar-refractivity contribution in [2.24, 2.45) is 0 Å². The Labute approximate surface area is 71.5 Å². The van der Waals surface area contributed by atoms with Crippen molar-refractivity contribution >= 4 is 11.6 Å². The third-order valence-corrected chi connectivity index (χ3v) is 1.39. The van der Waals surface area contributed by atoms with E-state index in [9.17, 15) is 4.79 Å². The maximum Gasteiger partial charge on any atom is 0.247 e. The van der Waals surface area contributed by atoms with Gasteiger partial charge in [-0.25, -0.2) is 0 Å². The lowest BCUT2D eigenvalue weighted by molar-refractivity contribution is -0.122. The van der Waals surface area contributed by atoms with Gasteiger partial charge in [-0.1, -0.05) is 12.1 Å². The summed E-state index contributed by atoms with van der Waals surface area (Å²) in [5.74, 6) is -0.155. The molecule has 0 N–H and O–H groups in total. The highest BCUT2D eigenvalue weighted by molar-refractivity contribution is 5.89. The minimum atomic E-state index is -0.155. The van der Waals surface area contributed by atoms with Crippen LogP contribution in [-0.2, 0) is 9.63 Å². The van der Waals surface area contributed by atoms with E-state index in [4.69, 9.17) is 4.84 Å². The standard InChI is InChI=1S/C9H10NO2/c1-8(11)10(12-2)9-6-4-3-5-7-9/h3-4,6-7H,1-2H3. The summed E-state index contributed by atoms with van der Waals surface area (Å²) in [6, 6.07) is 9.88. The molecule has 0 saturated heterocycles. The van der Waals surface area contributed by atoms with E-state index >= 15 is 0 Å². The summed E-state index contributed by atoms with van der Waals surface area (Å²) in [7, 11) is 1.45. The van der Waals surface area contributed by atoms with E-state index in [0.717, 1.165) is 0 Å². The Morgan fingerprint density at radius 2 is 2.42 bits per heavy atom. The van der Waals surface area contributed by atoms with Crippen molar-refractivity contribution in [2.45, 2.75) is 6.92 Å². The summed E-state index contributed by atoms with van der Waals surface area (Å²) in [5, 5.41) is 1.20. The Kier molecular flexibility index (Phi) is 2.82. The van der Waals surface area contributed by atoms with Crippen LogP contribution >= 0.6 is 0 Å². The zero-order chi connectivity index (χ0) is 8.97. The molecule has 0 atom stereocenters. The molecule has 0 aliphatic rings. The van der Waals surface area contributed by atoms with Gasteiger partial charge in [0.05, 0.1) is 12.8 Å². The molecule has 0 fully saturated rings. The van der Waals surface area contributed by atoms with Crippen molar-refractivity contribution in [2.75, 3.05) is 12.2 Å². The smallest absolute Gasteiger partial charge is 0.247 e.